The van der Waals surface area contributed by atoms with Gasteiger partial charge in [-0.15, -0.1) is 0 Å². The van der Waals surface area contributed by atoms with E-state index < -0.39 is 0 Å². The van der Waals surface area contributed by atoms with Gasteiger partial charge in [0, 0.05) is 38.3 Å². The zero-order valence-electron chi connectivity index (χ0n) is 13.1. The minimum atomic E-state index is 0.206. The van der Waals surface area contributed by atoms with Crippen molar-refractivity contribution >= 4 is 0 Å². The predicted molar refractivity (Wildman–Crippen MR) is 78.0 cm³/mol. The lowest BCUT2D eigenvalue weighted by molar-refractivity contribution is 0.0183. The molecule has 1 aliphatic heterocycles. The lowest BCUT2D eigenvalue weighted by Crippen LogP contribution is -2.52. The van der Waals surface area contributed by atoms with Crippen molar-refractivity contribution in [1.29, 1.82) is 0 Å². The van der Waals surface area contributed by atoms with Gasteiger partial charge in [0.25, 0.3) is 0 Å². The van der Waals surface area contributed by atoms with Crippen molar-refractivity contribution in [2.75, 3.05) is 26.7 Å². The highest BCUT2D eigenvalue weighted by Gasteiger charge is 2.27. The van der Waals surface area contributed by atoms with E-state index in [1.54, 1.807) is 0 Å². The van der Waals surface area contributed by atoms with Crippen molar-refractivity contribution in [3.05, 3.63) is 0 Å². The number of rotatable bonds is 5. The maximum atomic E-state index is 5.45. The van der Waals surface area contributed by atoms with Crippen LogP contribution in [0.2, 0.25) is 0 Å². The molecule has 1 rings (SSSR count). The number of methoxy groups -OCH3 is 1. The molecule has 3 heteroatoms. The number of nitrogens with zero attached hydrogens (tertiary/aromatic N) is 1. The third-order valence-corrected chi connectivity index (χ3v) is 3.89. The van der Waals surface area contributed by atoms with Crippen LogP contribution in [0.5, 0.6) is 0 Å². The maximum absolute atomic E-state index is 5.45. The molecule has 1 unspecified atom stereocenters. The van der Waals surface area contributed by atoms with Gasteiger partial charge >= 0.3 is 0 Å². The van der Waals surface area contributed by atoms with Crippen LogP contribution in [0.4, 0.5) is 0 Å². The summed E-state index contributed by atoms with van der Waals surface area (Å²) in [5, 5.41) is 3.65. The van der Waals surface area contributed by atoms with E-state index in [1.807, 2.05) is 7.11 Å². The molecule has 1 N–H and O–H groups in total. The first-order valence-electron chi connectivity index (χ1n) is 7.35. The van der Waals surface area contributed by atoms with Crippen LogP contribution < -0.4 is 5.32 Å². The van der Waals surface area contributed by atoms with Crippen LogP contribution in [0.25, 0.3) is 0 Å². The summed E-state index contributed by atoms with van der Waals surface area (Å²) in [5.41, 5.74) is 0.206. The summed E-state index contributed by atoms with van der Waals surface area (Å²) in [6.07, 6.45) is 2.83. The van der Waals surface area contributed by atoms with Crippen molar-refractivity contribution < 1.29 is 4.74 Å². The molecule has 1 fully saturated rings. The Morgan fingerprint density at radius 1 is 1.22 bits per heavy atom. The molecule has 1 atom stereocenters. The average molecular weight is 256 g/mol. The first kappa shape index (κ1) is 15.9. The van der Waals surface area contributed by atoms with E-state index >= 15 is 0 Å². The van der Waals surface area contributed by atoms with E-state index in [0.29, 0.717) is 18.1 Å². The number of ether oxygens (including phenoxy) is 1. The topological polar surface area (TPSA) is 24.5 Å². The highest BCUT2D eigenvalue weighted by molar-refractivity contribution is 4.84. The van der Waals surface area contributed by atoms with Gasteiger partial charge in [-0.3, -0.25) is 4.90 Å². The Balaban J connectivity index is 2.47. The van der Waals surface area contributed by atoms with Crippen molar-refractivity contribution in [3.63, 3.8) is 0 Å². The minimum Gasteiger partial charge on any atom is -0.381 e. The van der Waals surface area contributed by atoms with Crippen LogP contribution in [0.1, 0.15) is 47.5 Å². The van der Waals surface area contributed by atoms with Gasteiger partial charge in [-0.2, -0.15) is 0 Å². The molecule has 18 heavy (non-hydrogen) atoms. The van der Waals surface area contributed by atoms with Gasteiger partial charge in [0.1, 0.15) is 0 Å². The summed E-state index contributed by atoms with van der Waals surface area (Å²) in [7, 11) is 1.83. The molecule has 0 aromatic carbocycles. The Morgan fingerprint density at radius 2 is 1.78 bits per heavy atom. The third kappa shape index (κ3) is 5.25. The fourth-order valence-corrected chi connectivity index (χ4v) is 2.64. The molecule has 0 bridgehead atoms. The SMILES string of the molecule is COC1CCN(C(CNC(C)(C)C)C(C)C)CC1. The molecule has 1 aliphatic rings. The highest BCUT2D eigenvalue weighted by atomic mass is 16.5. The molecule has 1 heterocycles. The minimum absolute atomic E-state index is 0.206. The lowest BCUT2D eigenvalue weighted by Gasteiger charge is -2.40. The van der Waals surface area contributed by atoms with Crippen LogP contribution in [0, 0.1) is 5.92 Å². The van der Waals surface area contributed by atoms with E-state index in [-0.39, 0.29) is 5.54 Å². The number of piperidine rings is 1. The molecule has 0 aromatic heterocycles. The van der Waals surface area contributed by atoms with Crippen LogP contribution in [-0.2, 0) is 4.74 Å². The van der Waals surface area contributed by atoms with Crippen LogP contribution in [-0.4, -0.2) is 49.3 Å². The standard InChI is InChI=1S/C15H32N2O/c1-12(2)14(11-16-15(3,4)5)17-9-7-13(18-6)8-10-17/h12-14,16H,7-11H2,1-6H3. The number of hydrogen-bond acceptors (Lipinski definition) is 3. The van der Waals surface area contributed by atoms with Crippen molar-refractivity contribution in [1.82, 2.24) is 10.2 Å². The molecule has 0 saturated carbocycles. The normalized spacial score (nSPS) is 21.5. The van der Waals surface area contributed by atoms with Crippen molar-refractivity contribution in [2.24, 2.45) is 5.92 Å². The zero-order chi connectivity index (χ0) is 13.8. The molecule has 0 radical (unpaired) electrons. The Morgan fingerprint density at radius 3 is 2.17 bits per heavy atom. The fraction of sp³-hybridized carbons (Fsp3) is 1.00. The summed E-state index contributed by atoms with van der Waals surface area (Å²) in [5.74, 6) is 0.693. The first-order chi connectivity index (χ1) is 8.33. The van der Waals surface area contributed by atoms with Crippen molar-refractivity contribution in [3.8, 4) is 0 Å². The van der Waals surface area contributed by atoms with E-state index in [1.165, 1.54) is 25.9 Å². The van der Waals surface area contributed by atoms with Crippen LogP contribution in [0.15, 0.2) is 0 Å². The molecule has 0 amide bonds. The average Bonchev–Trinajstić information content (AvgIpc) is 2.28. The van der Waals surface area contributed by atoms with E-state index in [0.717, 1.165) is 6.54 Å². The monoisotopic (exact) mass is 256 g/mol. The van der Waals surface area contributed by atoms with Gasteiger partial charge < -0.3 is 10.1 Å². The summed E-state index contributed by atoms with van der Waals surface area (Å²) in [4.78, 5) is 2.64. The van der Waals surface area contributed by atoms with Gasteiger partial charge in [0.15, 0.2) is 0 Å². The van der Waals surface area contributed by atoms with E-state index in [4.69, 9.17) is 4.74 Å². The second kappa shape index (κ2) is 6.88. The molecule has 1 saturated heterocycles. The molecule has 0 aliphatic carbocycles. The number of likely N-dealkylation sites (tertiary alicyclic amines) is 1. The maximum Gasteiger partial charge on any atom is 0.0595 e. The van der Waals surface area contributed by atoms with Gasteiger partial charge in [0.05, 0.1) is 6.10 Å². The fourth-order valence-electron chi connectivity index (χ4n) is 2.64. The molecule has 3 nitrogen and oxygen atoms in total. The third-order valence-electron chi connectivity index (χ3n) is 3.89. The van der Waals surface area contributed by atoms with E-state index in [9.17, 15) is 0 Å². The van der Waals surface area contributed by atoms with E-state index in [2.05, 4.69) is 44.8 Å². The summed E-state index contributed by atoms with van der Waals surface area (Å²) in [6.45, 7) is 14.8. The van der Waals surface area contributed by atoms with Gasteiger partial charge in [-0.25, -0.2) is 0 Å². The molecule has 108 valence electrons. The van der Waals surface area contributed by atoms with Gasteiger partial charge in [0.2, 0.25) is 0 Å². The highest BCUT2D eigenvalue weighted by Crippen LogP contribution is 2.19. The predicted octanol–water partition coefficient (Wildman–Crippen LogP) is 2.51. The molecular weight excluding hydrogens is 224 g/mol. The number of nitrogens with one attached hydrogen (secondary N) is 1. The summed E-state index contributed by atoms with van der Waals surface area (Å²) >= 11 is 0. The quantitative estimate of drug-likeness (QED) is 0.818. The van der Waals surface area contributed by atoms with Crippen molar-refractivity contribution in [2.45, 2.75) is 65.1 Å². The summed E-state index contributed by atoms with van der Waals surface area (Å²) in [6, 6.07) is 0.641. The first-order valence-corrected chi connectivity index (χ1v) is 7.35. The largest absolute Gasteiger partial charge is 0.381 e. The van der Waals surface area contributed by atoms with Gasteiger partial charge in [-0.1, -0.05) is 13.8 Å². The lowest BCUT2D eigenvalue weighted by atomic mass is 9.97. The smallest absolute Gasteiger partial charge is 0.0595 e. The van der Waals surface area contributed by atoms with Crippen LogP contribution in [0.3, 0.4) is 0 Å². The molecular formula is C15H32N2O. The Kier molecular flexibility index (Phi) is 6.09. The second-order valence-corrected chi connectivity index (χ2v) is 6.91. The number of hydrogen-bond donors (Lipinski definition) is 1. The molecule has 0 aromatic rings. The Labute approximate surface area is 113 Å². The Bertz CT molecular complexity index is 227. The second-order valence-electron chi connectivity index (χ2n) is 6.91. The summed E-state index contributed by atoms with van der Waals surface area (Å²) < 4.78 is 5.45. The van der Waals surface area contributed by atoms with Gasteiger partial charge in [-0.05, 0) is 39.5 Å². The van der Waals surface area contributed by atoms with Crippen LogP contribution >= 0.6 is 0 Å². The molecule has 0 spiro atoms. The zero-order valence-corrected chi connectivity index (χ0v) is 13.1. The Hall–Kier alpha value is -0.120.